The molecule has 0 radical (unpaired) electrons. The second-order valence-corrected chi connectivity index (χ2v) is 6.30. The van der Waals surface area contributed by atoms with Gasteiger partial charge in [-0.2, -0.15) is 0 Å². The summed E-state index contributed by atoms with van der Waals surface area (Å²) in [6.45, 7) is 0.446. The van der Waals surface area contributed by atoms with Gasteiger partial charge >= 0.3 is 0 Å². The molecule has 9 nitrogen and oxygen atoms in total. The van der Waals surface area contributed by atoms with E-state index < -0.39 is 4.92 Å². The summed E-state index contributed by atoms with van der Waals surface area (Å²) < 4.78 is 14.4. The number of rotatable bonds is 7. The Morgan fingerprint density at radius 3 is 2.63 bits per heavy atom. The quantitative estimate of drug-likeness (QED) is 0.355. The van der Waals surface area contributed by atoms with E-state index in [0.717, 1.165) is 0 Å². The van der Waals surface area contributed by atoms with Crippen LogP contribution in [0.5, 0.6) is 0 Å². The molecule has 4 aromatic rings. The zero-order valence-electron chi connectivity index (χ0n) is 15.6. The Hall–Kier alpha value is -4.21. The van der Waals surface area contributed by atoms with Crippen molar-refractivity contribution in [2.75, 3.05) is 11.9 Å². The maximum Gasteiger partial charge on any atom is 0.287 e. The first-order valence-corrected chi connectivity index (χ1v) is 9.06. The molecule has 10 heteroatoms. The van der Waals surface area contributed by atoms with Gasteiger partial charge in [-0.1, -0.05) is 12.1 Å². The molecular formula is C20H16FN7O2. The van der Waals surface area contributed by atoms with Crippen LogP contribution in [0.3, 0.4) is 0 Å². The Labute approximate surface area is 170 Å². The lowest BCUT2D eigenvalue weighted by Gasteiger charge is -2.10. The van der Waals surface area contributed by atoms with Gasteiger partial charge in [0, 0.05) is 43.2 Å². The number of halogens is 1. The largest absolute Gasteiger partial charge is 0.370 e. The smallest absolute Gasteiger partial charge is 0.287 e. The number of pyridine rings is 1. The molecule has 0 aliphatic rings. The molecule has 3 aromatic heterocycles. The number of H-pyrrole nitrogens is 1. The molecule has 0 saturated heterocycles. The summed E-state index contributed by atoms with van der Waals surface area (Å²) >= 11 is 0. The minimum absolute atomic E-state index is 0.0769. The number of anilines is 1. The van der Waals surface area contributed by atoms with E-state index in [1.165, 1.54) is 24.4 Å². The molecule has 150 valence electrons. The SMILES string of the molecule is O=[N+]([O-])c1ccc(NCCc2ncc(-c3ncc[nH]3)c(-c3ccccc3F)n2)nc1. The van der Waals surface area contributed by atoms with Crippen LogP contribution in [-0.4, -0.2) is 36.4 Å². The van der Waals surface area contributed by atoms with Gasteiger partial charge in [-0.15, -0.1) is 0 Å². The Morgan fingerprint density at radius 2 is 1.93 bits per heavy atom. The molecular weight excluding hydrogens is 389 g/mol. The van der Waals surface area contributed by atoms with E-state index in [2.05, 4.69) is 30.2 Å². The van der Waals surface area contributed by atoms with Crippen LogP contribution >= 0.6 is 0 Å². The van der Waals surface area contributed by atoms with Crippen molar-refractivity contribution in [3.05, 3.63) is 82.9 Å². The first-order valence-electron chi connectivity index (χ1n) is 9.06. The van der Waals surface area contributed by atoms with Crippen LogP contribution in [0.15, 0.2) is 61.2 Å². The Balaban J connectivity index is 1.55. The van der Waals surface area contributed by atoms with Crippen molar-refractivity contribution in [1.29, 1.82) is 0 Å². The van der Waals surface area contributed by atoms with Crippen LogP contribution in [0.1, 0.15) is 5.82 Å². The maximum atomic E-state index is 14.4. The van der Waals surface area contributed by atoms with Gasteiger partial charge in [0.15, 0.2) is 0 Å². The molecule has 1 aromatic carbocycles. The predicted octanol–water partition coefficient (Wildman–Crippen LogP) is 3.63. The van der Waals surface area contributed by atoms with E-state index in [4.69, 9.17) is 0 Å². The highest BCUT2D eigenvalue weighted by Crippen LogP contribution is 2.29. The van der Waals surface area contributed by atoms with Gasteiger partial charge in [0.2, 0.25) is 0 Å². The van der Waals surface area contributed by atoms with Crippen molar-refractivity contribution >= 4 is 11.5 Å². The predicted molar refractivity (Wildman–Crippen MR) is 108 cm³/mol. The number of hydrogen-bond donors (Lipinski definition) is 2. The monoisotopic (exact) mass is 405 g/mol. The molecule has 2 N–H and O–H groups in total. The third-order valence-electron chi connectivity index (χ3n) is 4.33. The maximum absolute atomic E-state index is 14.4. The average Bonchev–Trinajstić information content (AvgIpc) is 3.29. The van der Waals surface area contributed by atoms with E-state index >= 15 is 0 Å². The van der Waals surface area contributed by atoms with Crippen molar-refractivity contribution in [1.82, 2.24) is 24.9 Å². The minimum Gasteiger partial charge on any atom is -0.370 e. The Kier molecular flexibility index (Phi) is 5.37. The molecule has 0 unspecified atom stereocenters. The van der Waals surface area contributed by atoms with Crippen molar-refractivity contribution in [2.24, 2.45) is 0 Å². The van der Waals surface area contributed by atoms with Gasteiger partial charge in [0.05, 0.1) is 16.2 Å². The molecule has 4 rings (SSSR count). The Morgan fingerprint density at radius 1 is 1.07 bits per heavy atom. The first-order chi connectivity index (χ1) is 14.6. The highest BCUT2D eigenvalue weighted by molar-refractivity contribution is 5.77. The summed E-state index contributed by atoms with van der Waals surface area (Å²) in [6, 6.07) is 9.31. The molecule has 0 atom stereocenters. The lowest BCUT2D eigenvalue weighted by molar-refractivity contribution is -0.385. The number of imidazole rings is 1. The summed E-state index contributed by atoms with van der Waals surface area (Å²) in [5.41, 5.74) is 1.32. The number of nitrogens with zero attached hydrogens (tertiary/aromatic N) is 5. The lowest BCUT2D eigenvalue weighted by atomic mass is 10.1. The van der Waals surface area contributed by atoms with Gasteiger partial charge in [-0.05, 0) is 18.2 Å². The number of aromatic nitrogens is 5. The highest BCUT2D eigenvalue weighted by Gasteiger charge is 2.16. The highest BCUT2D eigenvalue weighted by atomic mass is 19.1. The minimum atomic E-state index is -0.505. The van der Waals surface area contributed by atoms with Gasteiger partial charge in [0.25, 0.3) is 5.69 Å². The normalized spacial score (nSPS) is 10.7. The molecule has 0 fully saturated rings. The summed E-state index contributed by atoms with van der Waals surface area (Å²) in [5, 5.41) is 13.8. The number of hydrogen-bond acceptors (Lipinski definition) is 7. The molecule has 0 aliphatic heterocycles. The van der Waals surface area contributed by atoms with Crippen molar-refractivity contribution in [3.63, 3.8) is 0 Å². The van der Waals surface area contributed by atoms with E-state index in [0.29, 0.717) is 47.3 Å². The molecule has 3 heterocycles. The second kappa shape index (κ2) is 8.43. The van der Waals surface area contributed by atoms with Crippen LogP contribution in [0.4, 0.5) is 15.9 Å². The first kappa shape index (κ1) is 19.1. The second-order valence-electron chi connectivity index (χ2n) is 6.30. The fraction of sp³-hybridized carbons (Fsp3) is 0.100. The lowest BCUT2D eigenvalue weighted by Crippen LogP contribution is -2.09. The summed E-state index contributed by atoms with van der Waals surface area (Å²) in [7, 11) is 0. The van der Waals surface area contributed by atoms with E-state index in [-0.39, 0.29) is 11.5 Å². The fourth-order valence-electron chi connectivity index (χ4n) is 2.88. The summed E-state index contributed by atoms with van der Waals surface area (Å²) in [4.78, 5) is 30.4. The molecule has 0 amide bonds. The van der Waals surface area contributed by atoms with Crippen LogP contribution < -0.4 is 5.32 Å². The number of aromatic amines is 1. The van der Waals surface area contributed by atoms with Crippen LogP contribution in [-0.2, 0) is 6.42 Å². The van der Waals surface area contributed by atoms with E-state index in [9.17, 15) is 14.5 Å². The van der Waals surface area contributed by atoms with Crippen LogP contribution in [0.25, 0.3) is 22.6 Å². The zero-order valence-corrected chi connectivity index (χ0v) is 15.6. The standard InChI is InChI=1S/C20H16FN7O2/c21-16-4-2-1-3-14(16)19-15(20-23-9-10-24-20)12-26-18(27-19)7-8-22-17-6-5-13(11-25-17)28(29)30/h1-6,9-12H,7-8H2,(H,22,25)(H,23,24). The van der Waals surface area contributed by atoms with Gasteiger partial charge in [-0.3, -0.25) is 10.1 Å². The van der Waals surface area contributed by atoms with Gasteiger partial charge in [-0.25, -0.2) is 24.3 Å². The third-order valence-corrected chi connectivity index (χ3v) is 4.33. The van der Waals surface area contributed by atoms with Crippen molar-refractivity contribution < 1.29 is 9.31 Å². The average molecular weight is 405 g/mol. The summed E-state index contributed by atoms with van der Waals surface area (Å²) in [5.74, 6) is 1.18. The Bertz CT molecular complexity index is 1160. The fourth-order valence-corrected chi connectivity index (χ4v) is 2.88. The zero-order chi connectivity index (χ0) is 20.9. The third kappa shape index (κ3) is 4.12. The molecule has 0 aliphatic carbocycles. The number of nitro groups is 1. The number of nitrogens with one attached hydrogen (secondary N) is 2. The van der Waals surface area contributed by atoms with Gasteiger partial charge < -0.3 is 10.3 Å². The molecule has 0 saturated carbocycles. The molecule has 30 heavy (non-hydrogen) atoms. The van der Waals surface area contributed by atoms with Crippen molar-refractivity contribution in [2.45, 2.75) is 6.42 Å². The van der Waals surface area contributed by atoms with Crippen molar-refractivity contribution in [3.8, 4) is 22.6 Å². The van der Waals surface area contributed by atoms with Crippen LogP contribution in [0, 0.1) is 15.9 Å². The van der Waals surface area contributed by atoms with Crippen LogP contribution in [0.2, 0.25) is 0 Å². The van der Waals surface area contributed by atoms with Gasteiger partial charge in [0.1, 0.15) is 29.5 Å². The summed E-state index contributed by atoms with van der Waals surface area (Å²) in [6.07, 6.45) is 6.53. The molecule has 0 bridgehead atoms. The topological polar surface area (TPSA) is 123 Å². The van der Waals surface area contributed by atoms with E-state index in [1.54, 1.807) is 36.8 Å². The van der Waals surface area contributed by atoms with E-state index in [1.807, 2.05) is 0 Å². The number of benzene rings is 1. The molecule has 0 spiro atoms.